The third-order valence-corrected chi connectivity index (χ3v) is 3.20. The Kier molecular flexibility index (Phi) is 6.12. The smallest absolute Gasteiger partial charge is 0.244 e. The molecule has 0 unspecified atom stereocenters. The third-order valence-electron chi connectivity index (χ3n) is 3.20. The van der Waals surface area contributed by atoms with Gasteiger partial charge in [-0.3, -0.25) is 4.79 Å². The van der Waals surface area contributed by atoms with Gasteiger partial charge in [-0.05, 0) is 36.3 Å². The number of hydrazone groups is 1. The van der Waals surface area contributed by atoms with Gasteiger partial charge in [0, 0.05) is 0 Å². The van der Waals surface area contributed by atoms with E-state index in [0.29, 0.717) is 0 Å². The van der Waals surface area contributed by atoms with Crippen molar-refractivity contribution in [1.82, 2.24) is 5.43 Å². The number of nitrogens with one attached hydrogen (secondary N) is 1. The van der Waals surface area contributed by atoms with E-state index in [1.807, 2.05) is 73.7 Å². The van der Waals surface area contributed by atoms with Crippen LogP contribution < -0.4 is 10.2 Å². The molecule has 23 heavy (non-hydrogen) atoms. The van der Waals surface area contributed by atoms with Crippen molar-refractivity contribution in [3.05, 3.63) is 71.8 Å². The molecule has 0 bridgehead atoms. The van der Waals surface area contributed by atoms with Gasteiger partial charge in [0.2, 0.25) is 5.91 Å². The van der Waals surface area contributed by atoms with Crippen molar-refractivity contribution in [3.63, 3.8) is 0 Å². The predicted octanol–water partition coefficient (Wildman–Crippen LogP) is 3.44. The van der Waals surface area contributed by atoms with Crippen molar-refractivity contribution in [1.29, 1.82) is 0 Å². The molecule has 0 heterocycles. The molecule has 0 saturated heterocycles. The summed E-state index contributed by atoms with van der Waals surface area (Å²) in [5.41, 5.74) is 5.30. The SMILES string of the molecule is COc1ccc(CC(=O)NN=C(C)/C=C/c2ccccc2)cc1. The summed E-state index contributed by atoms with van der Waals surface area (Å²) in [5.74, 6) is 0.622. The molecule has 0 aliphatic carbocycles. The van der Waals surface area contributed by atoms with Crippen molar-refractivity contribution < 1.29 is 9.53 Å². The van der Waals surface area contributed by atoms with E-state index in [1.165, 1.54) is 0 Å². The van der Waals surface area contributed by atoms with Gasteiger partial charge in [0.25, 0.3) is 0 Å². The van der Waals surface area contributed by atoms with Crippen LogP contribution in [0.2, 0.25) is 0 Å². The van der Waals surface area contributed by atoms with Gasteiger partial charge in [-0.25, -0.2) is 5.43 Å². The number of carbonyl (C=O) groups is 1. The van der Waals surface area contributed by atoms with Crippen molar-refractivity contribution in [2.45, 2.75) is 13.3 Å². The molecule has 0 saturated carbocycles. The lowest BCUT2D eigenvalue weighted by Crippen LogP contribution is -2.20. The van der Waals surface area contributed by atoms with E-state index in [-0.39, 0.29) is 12.3 Å². The Morgan fingerprint density at radius 3 is 2.48 bits per heavy atom. The molecule has 0 spiro atoms. The highest BCUT2D eigenvalue weighted by molar-refractivity contribution is 5.97. The molecule has 4 nitrogen and oxygen atoms in total. The molecule has 0 atom stereocenters. The van der Waals surface area contributed by atoms with Crippen LogP contribution in [0.25, 0.3) is 6.08 Å². The van der Waals surface area contributed by atoms with Crippen LogP contribution in [0.5, 0.6) is 5.75 Å². The first kappa shape index (κ1) is 16.5. The van der Waals surface area contributed by atoms with Crippen molar-refractivity contribution >= 4 is 17.7 Å². The molecule has 2 rings (SSSR count). The van der Waals surface area contributed by atoms with Crippen LogP contribution in [0, 0.1) is 0 Å². The molecule has 0 aliphatic heterocycles. The summed E-state index contributed by atoms with van der Waals surface area (Å²) in [4.78, 5) is 11.9. The lowest BCUT2D eigenvalue weighted by atomic mass is 10.1. The lowest BCUT2D eigenvalue weighted by molar-refractivity contribution is -0.120. The van der Waals surface area contributed by atoms with E-state index in [1.54, 1.807) is 7.11 Å². The molecule has 4 heteroatoms. The van der Waals surface area contributed by atoms with E-state index < -0.39 is 0 Å². The summed E-state index contributed by atoms with van der Waals surface area (Å²) in [5, 5.41) is 4.07. The Morgan fingerprint density at radius 1 is 1.13 bits per heavy atom. The van der Waals surface area contributed by atoms with Gasteiger partial charge in [-0.1, -0.05) is 48.5 Å². The van der Waals surface area contributed by atoms with E-state index in [2.05, 4.69) is 10.5 Å². The quantitative estimate of drug-likeness (QED) is 0.656. The number of amides is 1. The van der Waals surface area contributed by atoms with Crippen LogP contribution in [0.4, 0.5) is 0 Å². The van der Waals surface area contributed by atoms with Gasteiger partial charge < -0.3 is 4.74 Å². The van der Waals surface area contributed by atoms with Crippen molar-refractivity contribution in [2.24, 2.45) is 5.10 Å². The molecular weight excluding hydrogens is 288 g/mol. The van der Waals surface area contributed by atoms with Crippen LogP contribution in [-0.4, -0.2) is 18.7 Å². The monoisotopic (exact) mass is 308 g/mol. The zero-order chi connectivity index (χ0) is 16.5. The predicted molar refractivity (Wildman–Crippen MR) is 93.4 cm³/mol. The summed E-state index contributed by atoms with van der Waals surface area (Å²) >= 11 is 0. The van der Waals surface area contributed by atoms with Crippen LogP contribution >= 0.6 is 0 Å². The van der Waals surface area contributed by atoms with Gasteiger partial charge in [-0.15, -0.1) is 0 Å². The second-order valence-electron chi connectivity index (χ2n) is 5.06. The number of benzene rings is 2. The van der Waals surface area contributed by atoms with Crippen LogP contribution in [-0.2, 0) is 11.2 Å². The summed E-state index contributed by atoms with van der Waals surface area (Å²) < 4.78 is 5.09. The number of hydrogen-bond acceptors (Lipinski definition) is 3. The van der Waals surface area contributed by atoms with E-state index in [9.17, 15) is 4.79 Å². The number of hydrogen-bond donors (Lipinski definition) is 1. The molecular formula is C19H20N2O2. The first-order valence-corrected chi connectivity index (χ1v) is 7.36. The molecule has 0 fully saturated rings. The maximum atomic E-state index is 11.9. The molecule has 2 aromatic rings. The number of ether oxygens (including phenoxy) is 1. The fourth-order valence-corrected chi connectivity index (χ4v) is 1.94. The first-order valence-electron chi connectivity index (χ1n) is 7.36. The Labute approximate surface area is 136 Å². The van der Waals surface area contributed by atoms with E-state index >= 15 is 0 Å². The maximum Gasteiger partial charge on any atom is 0.244 e. The molecule has 0 aromatic heterocycles. The fourth-order valence-electron chi connectivity index (χ4n) is 1.94. The number of nitrogens with zero attached hydrogens (tertiary/aromatic N) is 1. The average Bonchev–Trinajstić information content (AvgIpc) is 2.60. The minimum Gasteiger partial charge on any atom is -0.497 e. The Bertz CT molecular complexity index is 689. The highest BCUT2D eigenvalue weighted by Gasteiger charge is 2.02. The van der Waals surface area contributed by atoms with Crippen molar-refractivity contribution in [3.8, 4) is 5.75 Å². The Morgan fingerprint density at radius 2 is 1.83 bits per heavy atom. The normalized spacial score (nSPS) is 11.5. The minimum atomic E-state index is -0.150. The summed E-state index contributed by atoms with van der Waals surface area (Å²) in [6.07, 6.45) is 4.10. The summed E-state index contributed by atoms with van der Waals surface area (Å²) in [6.45, 7) is 1.84. The van der Waals surface area contributed by atoms with Crippen LogP contribution in [0.15, 0.2) is 65.8 Å². The largest absolute Gasteiger partial charge is 0.497 e. The molecule has 0 radical (unpaired) electrons. The molecule has 0 aliphatic rings. The molecule has 1 amide bonds. The second kappa shape index (κ2) is 8.54. The Hall–Kier alpha value is -2.88. The van der Waals surface area contributed by atoms with E-state index in [0.717, 1.165) is 22.6 Å². The fraction of sp³-hybridized carbons (Fsp3) is 0.158. The number of methoxy groups -OCH3 is 1. The van der Waals surface area contributed by atoms with Gasteiger partial charge in [0.05, 0.1) is 19.2 Å². The highest BCUT2D eigenvalue weighted by atomic mass is 16.5. The highest BCUT2D eigenvalue weighted by Crippen LogP contribution is 2.11. The number of carbonyl (C=O) groups excluding carboxylic acids is 1. The number of allylic oxidation sites excluding steroid dienone is 1. The first-order chi connectivity index (χ1) is 11.2. The minimum absolute atomic E-state index is 0.150. The zero-order valence-electron chi connectivity index (χ0n) is 13.3. The van der Waals surface area contributed by atoms with Gasteiger partial charge >= 0.3 is 0 Å². The average molecular weight is 308 g/mol. The topological polar surface area (TPSA) is 50.7 Å². The number of rotatable bonds is 6. The molecule has 118 valence electrons. The molecule has 1 N–H and O–H groups in total. The van der Waals surface area contributed by atoms with Crippen molar-refractivity contribution in [2.75, 3.05) is 7.11 Å². The summed E-state index contributed by atoms with van der Waals surface area (Å²) in [7, 11) is 1.61. The van der Waals surface area contributed by atoms with E-state index in [4.69, 9.17) is 4.74 Å². The third kappa shape index (κ3) is 5.79. The molecule has 2 aromatic carbocycles. The van der Waals surface area contributed by atoms with Crippen LogP contribution in [0.3, 0.4) is 0 Å². The summed E-state index contributed by atoms with van der Waals surface area (Å²) in [6, 6.07) is 17.3. The van der Waals surface area contributed by atoms with Crippen LogP contribution in [0.1, 0.15) is 18.1 Å². The van der Waals surface area contributed by atoms with Gasteiger partial charge in [0.15, 0.2) is 0 Å². The zero-order valence-corrected chi connectivity index (χ0v) is 13.3. The van der Waals surface area contributed by atoms with Gasteiger partial charge in [-0.2, -0.15) is 5.10 Å². The second-order valence-corrected chi connectivity index (χ2v) is 5.06. The lowest BCUT2D eigenvalue weighted by Gasteiger charge is -2.03. The standard InChI is InChI=1S/C19H20N2O2/c1-15(8-9-16-6-4-3-5-7-16)20-21-19(22)14-17-10-12-18(23-2)13-11-17/h3-13H,14H2,1-2H3,(H,21,22)/b9-8+,20-15?. The Balaban J connectivity index is 1.85. The van der Waals surface area contributed by atoms with Gasteiger partial charge in [0.1, 0.15) is 5.75 Å². The maximum absolute atomic E-state index is 11.9.